The molecule has 3 rings (SSSR count). The predicted octanol–water partition coefficient (Wildman–Crippen LogP) is 3.39. The maximum Gasteiger partial charge on any atom is 0.258 e. The first-order chi connectivity index (χ1) is 12.0. The first kappa shape index (κ1) is 16.8. The van der Waals surface area contributed by atoms with Crippen LogP contribution in [-0.2, 0) is 6.54 Å². The molecule has 5 nitrogen and oxygen atoms in total. The van der Waals surface area contributed by atoms with Gasteiger partial charge in [-0.25, -0.2) is 8.78 Å². The normalized spacial score (nSPS) is 10.7. The minimum atomic E-state index is -1.24. The Morgan fingerprint density at radius 3 is 2.64 bits per heavy atom. The summed E-state index contributed by atoms with van der Waals surface area (Å²) in [7, 11) is 2.87. The molecular formula is C18H16F2N2O3. The topological polar surface area (TPSA) is 63.3 Å². The maximum atomic E-state index is 13.9. The Morgan fingerprint density at radius 1 is 1.12 bits per heavy atom. The minimum absolute atomic E-state index is 0.0298. The van der Waals surface area contributed by atoms with Crippen molar-refractivity contribution in [2.45, 2.75) is 6.54 Å². The van der Waals surface area contributed by atoms with Gasteiger partial charge in [0.2, 0.25) is 0 Å². The third-order valence-corrected chi connectivity index (χ3v) is 3.83. The van der Waals surface area contributed by atoms with Crippen LogP contribution in [0.3, 0.4) is 0 Å². The summed E-state index contributed by atoms with van der Waals surface area (Å²) < 4.78 is 37.4. The smallest absolute Gasteiger partial charge is 0.258 e. The largest absolute Gasteiger partial charge is 0.497 e. The summed E-state index contributed by atoms with van der Waals surface area (Å²) in [6, 6.07) is 9.49. The van der Waals surface area contributed by atoms with Crippen molar-refractivity contribution in [2.24, 2.45) is 0 Å². The van der Waals surface area contributed by atoms with Gasteiger partial charge < -0.3 is 19.8 Å². The monoisotopic (exact) mass is 346 g/mol. The van der Waals surface area contributed by atoms with E-state index in [-0.39, 0.29) is 12.3 Å². The van der Waals surface area contributed by atoms with Crippen LogP contribution < -0.4 is 14.8 Å². The van der Waals surface area contributed by atoms with Gasteiger partial charge in [-0.3, -0.25) is 4.79 Å². The molecule has 2 aromatic carbocycles. The van der Waals surface area contributed by atoms with Gasteiger partial charge in [-0.2, -0.15) is 0 Å². The standard InChI is InChI=1S/C18H16F2N2O3/c1-24-12-3-5-14-10(8-12)7-11(22-14)9-21-18(23)16-15(25-2)6-4-13(19)17(16)20/h3-8,22H,9H2,1-2H3,(H,21,23). The Balaban J connectivity index is 1.80. The summed E-state index contributed by atoms with van der Waals surface area (Å²) in [6.45, 7) is 0.120. The fourth-order valence-electron chi connectivity index (χ4n) is 2.57. The Morgan fingerprint density at radius 2 is 1.92 bits per heavy atom. The quantitative estimate of drug-likeness (QED) is 0.744. The first-order valence-electron chi connectivity index (χ1n) is 7.49. The van der Waals surface area contributed by atoms with Gasteiger partial charge in [0, 0.05) is 16.6 Å². The summed E-state index contributed by atoms with van der Waals surface area (Å²) in [6.07, 6.45) is 0. The van der Waals surface area contributed by atoms with Crippen LogP contribution in [-0.4, -0.2) is 25.1 Å². The van der Waals surface area contributed by atoms with Gasteiger partial charge in [-0.1, -0.05) is 0 Å². The molecule has 3 aromatic rings. The molecule has 0 spiro atoms. The molecule has 0 aliphatic rings. The van der Waals surface area contributed by atoms with Gasteiger partial charge in [-0.15, -0.1) is 0 Å². The number of H-pyrrole nitrogens is 1. The number of hydrogen-bond donors (Lipinski definition) is 2. The van der Waals surface area contributed by atoms with Crippen LogP contribution in [0.15, 0.2) is 36.4 Å². The SMILES string of the molecule is COc1ccc2[nH]c(CNC(=O)c3c(OC)ccc(F)c3F)cc2c1. The molecule has 0 saturated heterocycles. The number of methoxy groups -OCH3 is 2. The van der Waals surface area contributed by atoms with Crippen LogP contribution in [0.5, 0.6) is 11.5 Å². The van der Waals surface area contributed by atoms with Crippen molar-refractivity contribution in [1.82, 2.24) is 10.3 Å². The van der Waals surface area contributed by atoms with E-state index < -0.39 is 23.1 Å². The number of benzene rings is 2. The zero-order valence-electron chi connectivity index (χ0n) is 13.7. The molecule has 0 atom stereocenters. The second-order valence-electron chi connectivity index (χ2n) is 5.37. The fourth-order valence-corrected chi connectivity index (χ4v) is 2.57. The van der Waals surface area contributed by atoms with Crippen molar-refractivity contribution >= 4 is 16.8 Å². The van der Waals surface area contributed by atoms with Crippen LogP contribution in [0.1, 0.15) is 16.1 Å². The first-order valence-corrected chi connectivity index (χ1v) is 7.49. The number of rotatable bonds is 5. The molecule has 0 aliphatic carbocycles. The van der Waals surface area contributed by atoms with Crippen molar-refractivity contribution in [1.29, 1.82) is 0 Å². The molecule has 7 heteroatoms. The molecule has 0 bridgehead atoms. The molecule has 1 heterocycles. The zero-order chi connectivity index (χ0) is 18.0. The van der Waals surface area contributed by atoms with E-state index in [0.717, 1.165) is 17.0 Å². The lowest BCUT2D eigenvalue weighted by Crippen LogP contribution is -2.25. The highest BCUT2D eigenvalue weighted by Gasteiger charge is 2.21. The molecule has 2 N–H and O–H groups in total. The molecule has 0 aliphatic heterocycles. The van der Waals surface area contributed by atoms with Gasteiger partial charge in [0.05, 0.1) is 20.8 Å². The van der Waals surface area contributed by atoms with E-state index in [2.05, 4.69) is 10.3 Å². The number of halogens is 2. The summed E-state index contributed by atoms with van der Waals surface area (Å²) in [5, 5.41) is 3.47. The van der Waals surface area contributed by atoms with Gasteiger partial charge in [0.25, 0.3) is 5.91 Å². The molecule has 1 aromatic heterocycles. The minimum Gasteiger partial charge on any atom is -0.497 e. The van der Waals surface area contributed by atoms with Gasteiger partial charge in [-0.05, 0) is 36.4 Å². The third kappa shape index (κ3) is 3.26. The Hall–Kier alpha value is -3.09. The molecule has 0 radical (unpaired) electrons. The zero-order valence-corrected chi connectivity index (χ0v) is 13.7. The molecule has 0 unspecified atom stereocenters. The number of carbonyl (C=O) groups is 1. The maximum absolute atomic E-state index is 13.9. The number of nitrogens with one attached hydrogen (secondary N) is 2. The number of aromatic nitrogens is 1. The Bertz CT molecular complexity index is 937. The highest BCUT2D eigenvalue weighted by atomic mass is 19.2. The molecule has 130 valence electrons. The van der Waals surface area contributed by atoms with Crippen LogP contribution in [0.2, 0.25) is 0 Å². The molecule has 0 saturated carbocycles. The number of aromatic amines is 1. The number of amides is 1. The van der Waals surface area contributed by atoms with Crippen molar-refractivity contribution < 1.29 is 23.0 Å². The van der Waals surface area contributed by atoms with E-state index in [0.29, 0.717) is 11.4 Å². The second kappa shape index (κ2) is 6.80. The molecule has 1 amide bonds. The third-order valence-electron chi connectivity index (χ3n) is 3.83. The van der Waals surface area contributed by atoms with Crippen molar-refractivity contribution in [3.63, 3.8) is 0 Å². The van der Waals surface area contributed by atoms with E-state index in [4.69, 9.17) is 9.47 Å². The summed E-state index contributed by atoms with van der Waals surface area (Å²) in [5.74, 6) is -2.42. The highest BCUT2D eigenvalue weighted by molar-refractivity contribution is 5.97. The lowest BCUT2D eigenvalue weighted by molar-refractivity contribution is 0.0942. The second-order valence-corrected chi connectivity index (χ2v) is 5.37. The predicted molar refractivity (Wildman–Crippen MR) is 88.9 cm³/mol. The van der Waals surface area contributed by atoms with Crippen LogP contribution in [0, 0.1) is 11.6 Å². The lowest BCUT2D eigenvalue weighted by Gasteiger charge is -2.10. The summed E-state index contributed by atoms with van der Waals surface area (Å²) in [4.78, 5) is 15.4. The highest BCUT2D eigenvalue weighted by Crippen LogP contribution is 2.24. The average Bonchev–Trinajstić information content (AvgIpc) is 3.03. The number of carbonyl (C=O) groups excluding carboxylic acids is 1. The van der Waals surface area contributed by atoms with E-state index in [1.54, 1.807) is 7.11 Å². The number of ether oxygens (including phenoxy) is 2. The van der Waals surface area contributed by atoms with E-state index in [9.17, 15) is 13.6 Å². The van der Waals surface area contributed by atoms with Crippen LogP contribution in [0.25, 0.3) is 10.9 Å². The summed E-state index contributed by atoms with van der Waals surface area (Å²) in [5.41, 5.74) is 1.13. The lowest BCUT2D eigenvalue weighted by atomic mass is 10.1. The van der Waals surface area contributed by atoms with Crippen LogP contribution in [0.4, 0.5) is 8.78 Å². The average molecular weight is 346 g/mol. The molecular weight excluding hydrogens is 330 g/mol. The Kier molecular flexibility index (Phi) is 4.56. The van der Waals surface area contributed by atoms with Crippen molar-refractivity contribution in [3.8, 4) is 11.5 Å². The molecule has 0 fully saturated rings. The number of fused-ring (bicyclic) bond motifs is 1. The molecule has 25 heavy (non-hydrogen) atoms. The fraction of sp³-hybridized carbons (Fsp3) is 0.167. The Labute approximate surface area is 142 Å². The van der Waals surface area contributed by atoms with Crippen molar-refractivity contribution in [3.05, 3.63) is 59.3 Å². The summed E-state index contributed by atoms with van der Waals surface area (Å²) >= 11 is 0. The van der Waals surface area contributed by atoms with Gasteiger partial charge in [0.15, 0.2) is 11.6 Å². The van der Waals surface area contributed by atoms with Gasteiger partial charge in [0.1, 0.15) is 17.1 Å². The van der Waals surface area contributed by atoms with Crippen molar-refractivity contribution in [2.75, 3.05) is 14.2 Å². The van der Waals surface area contributed by atoms with E-state index in [1.807, 2.05) is 24.3 Å². The van der Waals surface area contributed by atoms with Crippen LogP contribution >= 0.6 is 0 Å². The van der Waals surface area contributed by atoms with E-state index in [1.165, 1.54) is 13.2 Å². The van der Waals surface area contributed by atoms with E-state index >= 15 is 0 Å². The number of hydrogen-bond acceptors (Lipinski definition) is 3. The van der Waals surface area contributed by atoms with Gasteiger partial charge >= 0.3 is 0 Å².